The van der Waals surface area contributed by atoms with Crippen molar-refractivity contribution in [1.29, 1.82) is 0 Å². The first-order chi connectivity index (χ1) is 34.7. The number of carbonyl (C=O) groups is 6. The zero-order chi connectivity index (χ0) is 51.8. The van der Waals surface area contributed by atoms with E-state index in [1.54, 1.807) is 49.4 Å². The first-order valence-electron chi connectivity index (χ1n) is 22.8. The molecule has 0 bridgehead atoms. The Morgan fingerprint density at radius 3 is 1.57 bits per heavy atom. The third-order valence-electron chi connectivity index (χ3n) is 9.96. The van der Waals surface area contributed by atoms with E-state index in [0.29, 0.717) is 59.0 Å². The summed E-state index contributed by atoms with van der Waals surface area (Å²) in [5.74, 6) is -3.26. The first-order valence-corrected chi connectivity index (χ1v) is 23.7. The number of hydrazone groups is 1. The third-order valence-corrected chi connectivity index (χ3v) is 10.9. The summed E-state index contributed by atoms with van der Waals surface area (Å²) >= 11 is 1.19. The van der Waals surface area contributed by atoms with Gasteiger partial charge in [-0.1, -0.05) is 37.7 Å². The van der Waals surface area contributed by atoms with Crippen LogP contribution in [0.3, 0.4) is 0 Å². The van der Waals surface area contributed by atoms with Gasteiger partial charge in [-0.25, -0.2) is 33.8 Å². The molecule has 18 heteroatoms. The van der Waals surface area contributed by atoms with E-state index in [-0.39, 0.29) is 45.1 Å². The number of anilines is 1. The van der Waals surface area contributed by atoms with Crippen molar-refractivity contribution >= 4 is 68.7 Å². The van der Waals surface area contributed by atoms with Crippen molar-refractivity contribution in [2.45, 2.75) is 65.2 Å². The van der Waals surface area contributed by atoms with Crippen molar-refractivity contribution in [3.63, 3.8) is 0 Å². The van der Waals surface area contributed by atoms with Gasteiger partial charge in [-0.05, 0) is 138 Å². The molecule has 0 atom stereocenters. The van der Waals surface area contributed by atoms with Crippen LogP contribution in [-0.2, 0) is 28.7 Å². The van der Waals surface area contributed by atoms with Gasteiger partial charge in [0.05, 0.1) is 59.5 Å². The van der Waals surface area contributed by atoms with Crippen LogP contribution in [0.1, 0.15) is 91.5 Å². The smallest absolute Gasteiger partial charge is 0.343 e. The number of unbranched alkanes of at least 4 members (excludes halogenated alkanes) is 6. The fraction of sp³-hybridized carbons (Fsp3) is 0.259. The number of thiazole rings is 1. The van der Waals surface area contributed by atoms with Gasteiger partial charge in [-0.2, -0.15) is 5.10 Å². The molecular weight excluding hydrogens is 947 g/mol. The summed E-state index contributed by atoms with van der Waals surface area (Å²) in [5.41, 5.74) is 3.88. The van der Waals surface area contributed by atoms with Crippen molar-refractivity contribution in [2.24, 2.45) is 5.10 Å². The summed E-state index contributed by atoms with van der Waals surface area (Å²) < 4.78 is 45.2. The average Bonchev–Trinajstić information content (AvgIpc) is 3.78. The second-order valence-corrected chi connectivity index (χ2v) is 16.8. The molecule has 17 nitrogen and oxygen atoms in total. The maximum absolute atomic E-state index is 13.7. The molecule has 0 aliphatic heterocycles. The molecule has 0 spiro atoms. The number of nitrogens with zero attached hydrogens (tertiary/aromatic N) is 2. The van der Waals surface area contributed by atoms with E-state index in [2.05, 4.69) is 41.8 Å². The Kier molecular flexibility index (Phi) is 21.5. The Bertz CT molecular complexity index is 2800. The van der Waals surface area contributed by atoms with Crippen LogP contribution in [0.25, 0.3) is 10.2 Å². The molecule has 0 aliphatic rings. The van der Waals surface area contributed by atoms with Crippen molar-refractivity contribution < 1.29 is 66.7 Å². The van der Waals surface area contributed by atoms with Gasteiger partial charge in [0.1, 0.15) is 23.0 Å². The van der Waals surface area contributed by atoms with Gasteiger partial charge in [-0.3, -0.25) is 5.43 Å². The van der Waals surface area contributed by atoms with Crippen molar-refractivity contribution in [2.75, 3.05) is 31.9 Å². The molecule has 0 saturated heterocycles. The van der Waals surface area contributed by atoms with Crippen LogP contribution in [0.5, 0.6) is 34.5 Å². The molecule has 72 heavy (non-hydrogen) atoms. The lowest BCUT2D eigenvalue weighted by molar-refractivity contribution is -0.138. The Hall–Kier alpha value is -8.38. The molecule has 0 unspecified atom stereocenters. The molecule has 0 radical (unpaired) electrons. The number of esters is 6. The monoisotopic (exact) mass is 1000 g/mol. The molecule has 5 rings (SSSR count). The van der Waals surface area contributed by atoms with Gasteiger partial charge in [0, 0.05) is 29.4 Å². The molecule has 0 aliphatic carbocycles. The van der Waals surface area contributed by atoms with E-state index < -0.39 is 35.8 Å². The second kappa shape index (κ2) is 28.3. The third kappa shape index (κ3) is 17.5. The van der Waals surface area contributed by atoms with Gasteiger partial charge in [0.15, 0.2) is 11.5 Å². The lowest BCUT2D eigenvalue weighted by Crippen LogP contribution is -2.16. The zero-order valence-electron chi connectivity index (χ0n) is 40.1. The summed E-state index contributed by atoms with van der Waals surface area (Å²) in [6, 6.07) is 20.2. The van der Waals surface area contributed by atoms with E-state index in [9.17, 15) is 28.8 Å². The van der Waals surface area contributed by atoms with E-state index in [1.807, 2.05) is 0 Å². The lowest BCUT2D eigenvalue weighted by atomic mass is 10.1. The number of benzene rings is 4. The van der Waals surface area contributed by atoms with E-state index in [1.165, 1.54) is 60.9 Å². The number of carbonyl (C=O) groups excluding carboxylic acids is 6. The van der Waals surface area contributed by atoms with Crippen LogP contribution >= 0.6 is 11.3 Å². The molecule has 0 saturated carbocycles. The van der Waals surface area contributed by atoms with E-state index >= 15 is 0 Å². The van der Waals surface area contributed by atoms with E-state index in [0.717, 1.165) is 63.5 Å². The van der Waals surface area contributed by atoms with Gasteiger partial charge >= 0.3 is 35.8 Å². The number of rotatable bonds is 29. The zero-order valence-corrected chi connectivity index (χ0v) is 40.9. The van der Waals surface area contributed by atoms with Gasteiger partial charge in [0.25, 0.3) is 0 Å². The number of hydrogen-bond donors (Lipinski definition) is 1. The second-order valence-electron chi connectivity index (χ2n) is 15.8. The highest BCUT2D eigenvalue weighted by atomic mass is 32.1. The molecule has 5 aromatic rings. The molecule has 376 valence electrons. The average molecular weight is 1000 g/mol. The molecular formula is C54H55N3O14S. The minimum Gasteiger partial charge on any atom is -0.494 e. The van der Waals surface area contributed by atoms with Crippen LogP contribution in [0, 0.1) is 0 Å². The standard InChI is InChI=1S/C54H55N3O14S/c1-7-47(58)66-31-15-11-9-13-29-64-39-21-17-37(18-22-39)52(62)69-44-27-28-45(70-53(63)38-19-23-40(24-20-38)65-30-14-10-12-16-32-67-48(59)8-2)49(71-51(61)36(5)6)42(44)34-55-57-54-56-43-26-25-41(33-46(43)72-54)68-50(60)35(3)4/h7-8,17-28,33-34H,1-3,5,9-16,29-32H2,4,6H3,(H,56,57)/b55-34+. The number of nitrogens with one attached hydrogen (secondary N) is 1. The maximum Gasteiger partial charge on any atom is 0.343 e. The van der Waals surface area contributed by atoms with Crippen molar-refractivity contribution in [3.05, 3.63) is 145 Å². The molecule has 1 aromatic heterocycles. The van der Waals surface area contributed by atoms with Crippen LogP contribution in [0.2, 0.25) is 0 Å². The van der Waals surface area contributed by atoms with Gasteiger partial charge < -0.3 is 37.9 Å². The highest BCUT2D eigenvalue weighted by Gasteiger charge is 2.24. The van der Waals surface area contributed by atoms with Crippen LogP contribution in [0.4, 0.5) is 5.13 Å². The Balaban J connectivity index is 1.33. The summed E-state index contributed by atoms with van der Waals surface area (Å²) in [6.45, 7) is 18.5. The minimum absolute atomic E-state index is 0.0110. The summed E-state index contributed by atoms with van der Waals surface area (Å²) in [6.07, 6.45) is 9.87. The van der Waals surface area contributed by atoms with Gasteiger partial charge in [-0.15, -0.1) is 0 Å². The normalized spacial score (nSPS) is 10.7. The van der Waals surface area contributed by atoms with Gasteiger partial charge in [0.2, 0.25) is 5.13 Å². The molecule has 1 N–H and O–H groups in total. The first kappa shape index (κ1) is 54.6. The highest BCUT2D eigenvalue weighted by Crippen LogP contribution is 2.39. The molecule has 1 heterocycles. The SMILES string of the molecule is C=CC(=O)OCCCCCCOc1ccc(C(=O)Oc2ccc(OC(=O)c3ccc(OCCCCCCOC(=O)C=C)cc3)c(OC(=O)C(=C)C)c2/C=N/Nc2nc3ccc(OC(=O)C(=C)C)cc3s2)cc1. The van der Waals surface area contributed by atoms with Crippen LogP contribution < -0.4 is 33.8 Å². The summed E-state index contributed by atoms with van der Waals surface area (Å²) in [4.78, 5) is 79.5. The fourth-order valence-electron chi connectivity index (χ4n) is 6.15. The largest absolute Gasteiger partial charge is 0.494 e. The summed E-state index contributed by atoms with van der Waals surface area (Å²) in [7, 11) is 0. The quantitative estimate of drug-likeness (QED) is 0.0118. The lowest BCUT2D eigenvalue weighted by Gasteiger charge is -2.16. The number of hydrogen-bond acceptors (Lipinski definition) is 18. The topological polar surface area (TPSA) is 214 Å². The Morgan fingerprint density at radius 2 is 1.06 bits per heavy atom. The van der Waals surface area contributed by atoms with Crippen LogP contribution in [0.15, 0.2) is 134 Å². The highest BCUT2D eigenvalue weighted by molar-refractivity contribution is 7.22. The number of ether oxygens (including phenoxy) is 8. The van der Waals surface area contributed by atoms with Crippen LogP contribution in [-0.4, -0.2) is 73.4 Å². The Labute approximate surface area is 420 Å². The number of fused-ring (bicyclic) bond motifs is 1. The number of aromatic nitrogens is 1. The predicted octanol–water partition coefficient (Wildman–Crippen LogP) is 10.5. The van der Waals surface area contributed by atoms with Crippen molar-refractivity contribution in [3.8, 4) is 34.5 Å². The minimum atomic E-state index is -0.880. The fourth-order valence-corrected chi connectivity index (χ4v) is 7.00. The predicted molar refractivity (Wildman–Crippen MR) is 271 cm³/mol. The maximum atomic E-state index is 13.7. The molecule has 0 amide bonds. The molecule has 4 aromatic carbocycles. The van der Waals surface area contributed by atoms with Crippen molar-refractivity contribution in [1.82, 2.24) is 4.98 Å². The molecule has 0 fully saturated rings. The summed E-state index contributed by atoms with van der Waals surface area (Å²) in [5, 5.41) is 4.65. The Morgan fingerprint density at radius 1 is 0.583 bits per heavy atom. The van der Waals surface area contributed by atoms with E-state index in [4.69, 9.17) is 37.9 Å².